The number of aryl methyl sites for hydroxylation is 1. The number of hydrogen-bond acceptors (Lipinski definition) is 5. The summed E-state index contributed by atoms with van der Waals surface area (Å²) in [5, 5.41) is 3.91. The average molecular weight is 379 g/mol. The third-order valence-electron chi connectivity index (χ3n) is 5.19. The molecule has 0 radical (unpaired) electrons. The summed E-state index contributed by atoms with van der Waals surface area (Å²) in [4.78, 5) is 16.9. The monoisotopic (exact) mass is 379 g/mol. The van der Waals surface area contributed by atoms with Crippen LogP contribution in [-0.2, 0) is 6.42 Å². The SMILES string of the molecule is Cc1noc(=O)c(N2CCN(c3ccccc3)CC2)c1Cc1ccc(F)cc1. The fraction of sp³-hybridized carbons (Fsp3) is 0.273. The first kappa shape index (κ1) is 18.2. The summed E-state index contributed by atoms with van der Waals surface area (Å²) < 4.78 is 18.3. The molecule has 0 amide bonds. The van der Waals surface area contributed by atoms with Crippen LogP contribution in [0.5, 0.6) is 0 Å². The third-order valence-corrected chi connectivity index (χ3v) is 5.19. The van der Waals surface area contributed by atoms with Gasteiger partial charge in [-0.2, -0.15) is 0 Å². The molecule has 144 valence electrons. The quantitative estimate of drug-likeness (QED) is 0.695. The maximum Gasteiger partial charge on any atom is 0.382 e. The van der Waals surface area contributed by atoms with Crippen LogP contribution < -0.4 is 15.4 Å². The first-order valence-electron chi connectivity index (χ1n) is 9.40. The first-order valence-corrected chi connectivity index (χ1v) is 9.40. The normalized spacial score (nSPS) is 14.4. The van der Waals surface area contributed by atoms with Crippen LogP contribution in [0.1, 0.15) is 16.8 Å². The Hall–Kier alpha value is -3.15. The number of rotatable bonds is 4. The van der Waals surface area contributed by atoms with Crippen LogP contribution in [0.4, 0.5) is 15.8 Å². The Labute approximate surface area is 163 Å². The van der Waals surface area contributed by atoms with E-state index >= 15 is 0 Å². The van der Waals surface area contributed by atoms with Crippen LogP contribution in [0.2, 0.25) is 0 Å². The number of hydrogen-bond donors (Lipinski definition) is 0. The zero-order valence-electron chi connectivity index (χ0n) is 15.8. The molecule has 1 saturated heterocycles. The molecule has 1 fully saturated rings. The Morgan fingerprint density at radius 2 is 1.61 bits per heavy atom. The molecule has 0 spiro atoms. The van der Waals surface area contributed by atoms with Gasteiger partial charge in [0.25, 0.3) is 0 Å². The maximum absolute atomic E-state index is 13.2. The van der Waals surface area contributed by atoms with E-state index in [0.717, 1.165) is 37.3 Å². The van der Waals surface area contributed by atoms with E-state index in [4.69, 9.17) is 4.52 Å². The highest BCUT2D eigenvalue weighted by Crippen LogP contribution is 2.24. The maximum atomic E-state index is 13.2. The zero-order chi connectivity index (χ0) is 19.5. The topological polar surface area (TPSA) is 49.6 Å². The molecule has 0 atom stereocenters. The van der Waals surface area contributed by atoms with Gasteiger partial charge in [0.15, 0.2) is 0 Å². The van der Waals surface area contributed by atoms with Crippen LogP contribution in [-0.4, -0.2) is 31.3 Å². The van der Waals surface area contributed by atoms with E-state index in [1.54, 1.807) is 12.1 Å². The molecule has 2 heterocycles. The van der Waals surface area contributed by atoms with Crippen molar-refractivity contribution >= 4 is 11.4 Å². The van der Waals surface area contributed by atoms with E-state index in [9.17, 15) is 9.18 Å². The lowest BCUT2D eigenvalue weighted by atomic mass is 10.0. The molecule has 3 aromatic rings. The van der Waals surface area contributed by atoms with Crippen molar-refractivity contribution in [3.63, 3.8) is 0 Å². The van der Waals surface area contributed by atoms with E-state index < -0.39 is 5.63 Å². The van der Waals surface area contributed by atoms with Crippen molar-refractivity contribution in [2.45, 2.75) is 13.3 Å². The lowest BCUT2D eigenvalue weighted by Crippen LogP contribution is -2.48. The second-order valence-electron chi connectivity index (χ2n) is 7.00. The van der Waals surface area contributed by atoms with Gasteiger partial charge in [0.1, 0.15) is 11.5 Å². The van der Waals surface area contributed by atoms with Crippen molar-refractivity contribution < 1.29 is 8.91 Å². The van der Waals surface area contributed by atoms with Gasteiger partial charge in [0.05, 0.1) is 5.69 Å². The number of aromatic nitrogens is 1. The molecule has 2 aromatic carbocycles. The fourth-order valence-corrected chi connectivity index (χ4v) is 3.67. The fourth-order valence-electron chi connectivity index (χ4n) is 3.67. The smallest absolute Gasteiger partial charge is 0.368 e. The van der Waals surface area contributed by atoms with Crippen LogP contribution >= 0.6 is 0 Å². The lowest BCUT2D eigenvalue weighted by Gasteiger charge is -2.37. The van der Waals surface area contributed by atoms with Gasteiger partial charge >= 0.3 is 5.63 Å². The van der Waals surface area contributed by atoms with E-state index in [2.05, 4.69) is 27.1 Å². The van der Waals surface area contributed by atoms with Crippen LogP contribution in [0.15, 0.2) is 63.9 Å². The highest BCUT2D eigenvalue weighted by Gasteiger charge is 2.24. The largest absolute Gasteiger partial charge is 0.382 e. The van der Waals surface area contributed by atoms with Gasteiger partial charge in [-0.3, -0.25) is 0 Å². The van der Waals surface area contributed by atoms with Crippen molar-refractivity contribution in [3.05, 3.63) is 87.7 Å². The van der Waals surface area contributed by atoms with E-state index in [1.807, 2.05) is 25.1 Å². The van der Waals surface area contributed by atoms with Crippen molar-refractivity contribution in [2.75, 3.05) is 36.0 Å². The molecule has 0 N–H and O–H groups in total. The number of nitrogens with zero attached hydrogens (tertiary/aromatic N) is 3. The van der Waals surface area contributed by atoms with Crippen molar-refractivity contribution in [1.82, 2.24) is 5.16 Å². The summed E-state index contributed by atoms with van der Waals surface area (Å²) in [6, 6.07) is 16.6. The minimum absolute atomic E-state index is 0.275. The van der Waals surface area contributed by atoms with E-state index in [0.29, 0.717) is 17.8 Å². The van der Waals surface area contributed by atoms with Crippen molar-refractivity contribution in [1.29, 1.82) is 0 Å². The van der Waals surface area contributed by atoms with Gasteiger partial charge in [-0.1, -0.05) is 35.5 Å². The summed E-state index contributed by atoms with van der Waals surface area (Å²) in [6.45, 7) is 4.92. The van der Waals surface area contributed by atoms with Crippen molar-refractivity contribution in [3.8, 4) is 0 Å². The molecule has 6 heteroatoms. The third kappa shape index (κ3) is 3.76. The minimum Gasteiger partial charge on any atom is -0.368 e. The van der Waals surface area contributed by atoms with Gasteiger partial charge < -0.3 is 14.3 Å². The van der Waals surface area contributed by atoms with Gasteiger partial charge in [-0.05, 0) is 36.8 Å². The summed E-state index contributed by atoms with van der Waals surface area (Å²) >= 11 is 0. The molecule has 0 aliphatic carbocycles. The summed E-state index contributed by atoms with van der Waals surface area (Å²) in [5.41, 5.74) is 3.80. The summed E-state index contributed by atoms with van der Waals surface area (Å²) in [5.74, 6) is -0.275. The first-order chi connectivity index (χ1) is 13.6. The Kier molecular flexibility index (Phi) is 5.10. The molecule has 1 aliphatic heterocycles. The molecule has 5 nitrogen and oxygen atoms in total. The van der Waals surface area contributed by atoms with Gasteiger partial charge in [0.2, 0.25) is 0 Å². The number of halogens is 1. The van der Waals surface area contributed by atoms with E-state index in [-0.39, 0.29) is 5.82 Å². The highest BCUT2D eigenvalue weighted by atomic mass is 19.1. The molecule has 1 aliphatic rings. The molecular formula is C22H22FN3O2. The second-order valence-corrected chi connectivity index (χ2v) is 7.00. The predicted molar refractivity (Wildman–Crippen MR) is 108 cm³/mol. The average Bonchev–Trinajstić information content (AvgIpc) is 2.73. The molecular weight excluding hydrogens is 357 g/mol. The van der Waals surface area contributed by atoms with Gasteiger partial charge in [0, 0.05) is 43.9 Å². The van der Waals surface area contributed by atoms with Gasteiger partial charge in [-0.25, -0.2) is 9.18 Å². The Bertz CT molecular complexity index is 995. The Morgan fingerprint density at radius 3 is 2.29 bits per heavy atom. The summed E-state index contributed by atoms with van der Waals surface area (Å²) in [7, 11) is 0. The number of benzene rings is 2. The van der Waals surface area contributed by atoms with Crippen LogP contribution in [0, 0.1) is 12.7 Å². The minimum atomic E-state index is -0.420. The number of anilines is 2. The molecule has 0 unspecified atom stereocenters. The molecule has 0 bridgehead atoms. The van der Waals surface area contributed by atoms with Crippen molar-refractivity contribution in [2.24, 2.45) is 0 Å². The standard InChI is InChI=1S/C22H22FN3O2/c1-16-20(15-17-7-9-18(23)10-8-17)21(22(27)28-24-16)26-13-11-25(12-14-26)19-5-3-2-4-6-19/h2-10H,11-15H2,1H3. The summed E-state index contributed by atoms with van der Waals surface area (Å²) in [6.07, 6.45) is 0.513. The number of para-hydroxylation sites is 1. The second kappa shape index (κ2) is 7.84. The zero-order valence-corrected chi connectivity index (χ0v) is 15.8. The van der Waals surface area contributed by atoms with Crippen LogP contribution in [0.25, 0.3) is 0 Å². The molecule has 4 rings (SSSR count). The Morgan fingerprint density at radius 1 is 0.964 bits per heavy atom. The lowest BCUT2D eigenvalue weighted by molar-refractivity contribution is 0.360. The van der Waals surface area contributed by atoms with E-state index in [1.165, 1.54) is 17.8 Å². The Balaban J connectivity index is 1.58. The highest BCUT2D eigenvalue weighted by molar-refractivity contribution is 5.56. The van der Waals surface area contributed by atoms with Crippen LogP contribution in [0.3, 0.4) is 0 Å². The predicted octanol–water partition coefficient (Wildman–Crippen LogP) is 3.40. The van der Waals surface area contributed by atoms with Gasteiger partial charge in [-0.15, -0.1) is 0 Å². The molecule has 0 saturated carbocycles. The number of piperazine rings is 1. The molecule has 1 aromatic heterocycles. The molecule has 28 heavy (non-hydrogen) atoms.